The maximum Gasteiger partial charge on any atom is 0.000170 e. The van der Waals surface area contributed by atoms with Gasteiger partial charge in [0.1, 0.15) is 0 Å². The zero-order chi connectivity index (χ0) is 5.11. The van der Waals surface area contributed by atoms with Gasteiger partial charge in [-0.2, -0.15) is 0 Å². The summed E-state index contributed by atoms with van der Waals surface area (Å²) in [4.78, 5) is 0. The van der Waals surface area contributed by atoms with E-state index in [-0.39, 0.29) is 0 Å². The Hall–Kier alpha value is 0.190. The normalized spacial score (nSPS) is 25.1. The Balaban J connectivity index is 2.25. The third-order valence-corrected chi connectivity index (χ3v) is 2.91. The first kappa shape index (κ1) is 5.33. The molecule has 1 rings (SSSR count). The summed E-state index contributed by atoms with van der Waals surface area (Å²) in [5, 5.41) is 10.6. The van der Waals surface area contributed by atoms with E-state index >= 15 is 0 Å². The van der Waals surface area contributed by atoms with E-state index < -0.39 is 7.71 Å². The molecule has 0 aromatic carbocycles. The van der Waals surface area contributed by atoms with Crippen LogP contribution >= 0.6 is 7.71 Å². The fourth-order valence-corrected chi connectivity index (χ4v) is 1.94. The molecule has 1 saturated heterocycles. The molecule has 2 N–H and O–H groups in total. The van der Waals surface area contributed by atoms with E-state index in [2.05, 4.69) is 5.32 Å². The van der Waals surface area contributed by atoms with Crippen LogP contribution in [0.5, 0.6) is 0 Å². The van der Waals surface area contributed by atoms with Crippen LogP contribution in [0, 0.1) is 5.16 Å². The molecule has 42 valence electrons. The first-order valence-electron chi connectivity index (χ1n) is 2.66. The van der Waals surface area contributed by atoms with Gasteiger partial charge in [-0.3, -0.25) is 0 Å². The molecule has 0 bridgehead atoms. The van der Waals surface area contributed by atoms with Crippen molar-refractivity contribution < 1.29 is 0 Å². The second kappa shape index (κ2) is 2.49. The van der Waals surface area contributed by atoms with Gasteiger partial charge in [-0.05, 0) is 20.0 Å². The monoisotopic (exact) mass is 118 g/mol. The minimum Gasteiger partial charge on any atom is -0.321 e. The van der Waals surface area contributed by atoms with Gasteiger partial charge in [0.25, 0.3) is 0 Å². The van der Waals surface area contributed by atoms with Gasteiger partial charge >= 0.3 is 0 Å². The van der Waals surface area contributed by atoms with Gasteiger partial charge < -0.3 is 10.5 Å². The van der Waals surface area contributed by atoms with Crippen LogP contribution in [-0.2, 0) is 0 Å². The maximum absolute atomic E-state index is 7.33. The van der Waals surface area contributed by atoms with Crippen molar-refractivity contribution >= 4 is 7.71 Å². The van der Waals surface area contributed by atoms with E-state index in [0.717, 1.165) is 25.4 Å². The number of rotatable bonds is 0. The second-order valence-electron chi connectivity index (χ2n) is 1.85. The Morgan fingerprint density at radius 2 is 1.86 bits per heavy atom. The number of hydrogen-bond donors (Lipinski definition) is 2. The van der Waals surface area contributed by atoms with Crippen LogP contribution in [-0.4, -0.2) is 25.4 Å². The molecule has 0 amide bonds. The first-order chi connectivity index (χ1) is 3.39. The van der Waals surface area contributed by atoms with Crippen molar-refractivity contribution in [2.75, 3.05) is 25.4 Å². The highest BCUT2D eigenvalue weighted by molar-refractivity contribution is 7.46. The highest BCUT2D eigenvalue weighted by atomic mass is 31.1. The maximum atomic E-state index is 7.33. The summed E-state index contributed by atoms with van der Waals surface area (Å²) in [7, 11) is -0.606. The minimum absolute atomic E-state index is 0.606. The Kier molecular flexibility index (Phi) is 1.89. The van der Waals surface area contributed by atoms with Gasteiger partial charge in [0.05, 0.1) is 0 Å². The van der Waals surface area contributed by atoms with Gasteiger partial charge in [0.15, 0.2) is 0 Å². The molecular weight excluding hydrogens is 107 g/mol. The summed E-state index contributed by atoms with van der Waals surface area (Å²) in [6.07, 6.45) is 2.29. The second-order valence-corrected chi connectivity index (χ2v) is 4.06. The van der Waals surface area contributed by atoms with Crippen molar-refractivity contribution in [3.05, 3.63) is 0 Å². The molecule has 0 aromatic heterocycles. The standard InChI is InChI=1S/C4H11N2P/c5-7-3-1-6-2-4-7/h5-7H,1-4H2. The topological polar surface area (TPSA) is 35.9 Å². The van der Waals surface area contributed by atoms with E-state index in [1.807, 2.05) is 0 Å². The van der Waals surface area contributed by atoms with Gasteiger partial charge in [-0.15, -0.1) is 0 Å². The smallest absolute Gasteiger partial charge is 0.000170 e. The van der Waals surface area contributed by atoms with Gasteiger partial charge in [-0.1, -0.05) is 0 Å². The van der Waals surface area contributed by atoms with Crippen molar-refractivity contribution in [2.45, 2.75) is 0 Å². The molecule has 0 atom stereocenters. The highest BCUT2D eigenvalue weighted by Gasteiger charge is 1.99. The average Bonchev–Trinajstić information content (AvgIpc) is 1.69. The van der Waals surface area contributed by atoms with Gasteiger partial charge in [0, 0.05) is 13.1 Å². The summed E-state index contributed by atoms with van der Waals surface area (Å²) >= 11 is 0. The van der Waals surface area contributed by atoms with Crippen LogP contribution in [0.4, 0.5) is 0 Å². The molecule has 0 aliphatic carbocycles. The van der Waals surface area contributed by atoms with Crippen LogP contribution in [0.1, 0.15) is 0 Å². The fraction of sp³-hybridized carbons (Fsp3) is 1.00. The van der Waals surface area contributed by atoms with Crippen molar-refractivity contribution in [3.8, 4) is 0 Å². The molecule has 0 aromatic rings. The zero-order valence-electron chi connectivity index (χ0n) is 4.33. The molecule has 0 spiro atoms. The lowest BCUT2D eigenvalue weighted by atomic mass is 10.6. The third-order valence-electron chi connectivity index (χ3n) is 1.21. The zero-order valence-corrected chi connectivity index (χ0v) is 5.33. The predicted octanol–water partition coefficient (Wildman–Crippen LogP) is 0.566. The Morgan fingerprint density at radius 1 is 1.29 bits per heavy atom. The molecule has 1 aliphatic rings. The van der Waals surface area contributed by atoms with E-state index in [1.165, 1.54) is 0 Å². The quantitative estimate of drug-likeness (QED) is 0.448. The van der Waals surface area contributed by atoms with Crippen LogP contribution in [0.3, 0.4) is 0 Å². The van der Waals surface area contributed by atoms with Crippen LogP contribution in [0.15, 0.2) is 0 Å². The molecule has 7 heavy (non-hydrogen) atoms. The summed E-state index contributed by atoms with van der Waals surface area (Å²) in [5.41, 5.74) is 0. The van der Waals surface area contributed by atoms with E-state index in [1.54, 1.807) is 0 Å². The Morgan fingerprint density at radius 3 is 2.14 bits per heavy atom. The molecule has 3 heteroatoms. The van der Waals surface area contributed by atoms with E-state index in [0.29, 0.717) is 0 Å². The van der Waals surface area contributed by atoms with Crippen molar-refractivity contribution in [3.63, 3.8) is 0 Å². The molecule has 0 unspecified atom stereocenters. The van der Waals surface area contributed by atoms with Crippen molar-refractivity contribution in [1.82, 2.24) is 5.32 Å². The molecule has 1 aliphatic heterocycles. The molecule has 2 nitrogen and oxygen atoms in total. The molecule has 0 radical (unpaired) electrons. The van der Waals surface area contributed by atoms with Crippen molar-refractivity contribution in [2.24, 2.45) is 0 Å². The van der Waals surface area contributed by atoms with Crippen LogP contribution in [0.25, 0.3) is 0 Å². The molecule has 1 fully saturated rings. The van der Waals surface area contributed by atoms with E-state index in [4.69, 9.17) is 5.16 Å². The highest BCUT2D eigenvalue weighted by Crippen LogP contribution is 2.20. The number of nitrogens with one attached hydrogen (secondary N) is 2. The summed E-state index contributed by atoms with van der Waals surface area (Å²) < 4.78 is 0. The van der Waals surface area contributed by atoms with Crippen LogP contribution < -0.4 is 5.32 Å². The van der Waals surface area contributed by atoms with Crippen molar-refractivity contribution in [1.29, 1.82) is 5.16 Å². The van der Waals surface area contributed by atoms with Gasteiger partial charge in [-0.25, -0.2) is 0 Å². The first-order valence-corrected chi connectivity index (χ1v) is 4.58. The lowest BCUT2D eigenvalue weighted by Crippen LogP contribution is -2.24. The molecular formula is C4H11N2P. The molecule has 0 saturated carbocycles. The summed E-state index contributed by atoms with van der Waals surface area (Å²) in [6.45, 7) is 2.19. The average molecular weight is 118 g/mol. The minimum atomic E-state index is -0.606. The van der Waals surface area contributed by atoms with E-state index in [9.17, 15) is 0 Å². The lowest BCUT2D eigenvalue weighted by Gasteiger charge is -2.11. The SMILES string of the molecule is N=[PH]1CCNCC1. The third kappa shape index (κ3) is 1.62. The predicted molar refractivity (Wildman–Crippen MR) is 33.6 cm³/mol. The Labute approximate surface area is 44.6 Å². The van der Waals surface area contributed by atoms with Gasteiger partial charge in [0.2, 0.25) is 0 Å². The fourth-order valence-electron chi connectivity index (χ4n) is 0.729. The summed E-state index contributed by atoms with van der Waals surface area (Å²) in [5.74, 6) is 0. The van der Waals surface area contributed by atoms with Crippen LogP contribution in [0.2, 0.25) is 0 Å². The lowest BCUT2D eigenvalue weighted by molar-refractivity contribution is 0.747. The Bertz CT molecular complexity index is 73.8. The summed E-state index contributed by atoms with van der Waals surface area (Å²) in [6, 6.07) is 0. The largest absolute Gasteiger partial charge is 0.321 e. The number of hydrogen-bond acceptors (Lipinski definition) is 2. The molecule has 1 heterocycles.